The predicted molar refractivity (Wildman–Crippen MR) is 161 cm³/mol. The number of halogens is 7. The van der Waals surface area contributed by atoms with Crippen LogP contribution in [-0.2, 0) is 32.4 Å². The lowest BCUT2D eigenvalue weighted by atomic mass is 9.81. The number of carbonyl (C=O) groups excluding carboxylic acids is 1. The third-order valence-electron chi connectivity index (χ3n) is 8.00. The van der Waals surface area contributed by atoms with Crippen LogP contribution in [0.15, 0.2) is 48.7 Å². The van der Waals surface area contributed by atoms with Crippen LogP contribution in [0.4, 0.5) is 42.2 Å². The summed E-state index contributed by atoms with van der Waals surface area (Å²) in [6.07, 6.45) is -7.09. The minimum Gasteiger partial charge on any atom is -0.355 e. The van der Waals surface area contributed by atoms with Gasteiger partial charge in [0.2, 0.25) is 5.91 Å². The minimum atomic E-state index is -5.09. The first kappa shape index (κ1) is 35.1. The van der Waals surface area contributed by atoms with Crippen LogP contribution in [0.1, 0.15) is 42.5 Å². The molecule has 1 fully saturated rings. The number of aromatic nitrogens is 1. The van der Waals surface area contributed by atoms with Crippen LogP contribution in [-0.4, -0.2) is 57.6 Å². The molecule has 0 saturated carbocycles. The number of hydrogen-bond acceptors (Lipinski definition) is 6. The molecule has 2 aromatic carbocycles. The summed E-state index contributed by atoms with van der Waals surface area (Å²) in [6, 6.07) is 6.60. The van der Waals surface area contributed by atoms with Gasteiger partial charge in [0.1, 0.15) is 11.6 Å². The molecule has 0 bridgehead atoms. The number of nitrogens with one attached hydrogen (secondary N) is 1. The Morgan fingerprint density at radius 1 is 0.978 bits per heavy atom. The maximum Gasteiger partial charge on any atom is 0.416 e. The number of sulfone groups is 1. The van der Waals surface area contributed by atoms with Gasteiger partial charge in [-0.1, -0.05) is 6.07 Å². The highest BCUT2D eigenvalue weighted by Crippen LogP contribution is 2.41. The number of likely N-dealkylation sites (N-methyl/N-ethyl adjacent to an activating group) is 1. The average molecular weight is 675 g/mol. The van der Waals surface area contributed by atoms with Crippen molar-refractivity contribution >= 4 is 27.2 Å². The number of benzene rings is 2. The number of amides is 1. The third-order valence-corrected chi connectivity index (χ3v) is 8.69. The zero-order valence-corrected chi connectivity index (χ0v) is 26.5. The first-order chi connectivity index (χ1) is 21.1. The van der Waals surface area contributed by atoms with Crippen LogP contribution in [0, 0.1) is 12.7 Å². The van der Waals surface area contributed by atoms with Gasteiger partial charge in [-0.25, -0.2) is 17.8 Å². The second-order valence-corrected chi connectivity index (χ2v) is 14.1. The molecule has 1 N–H and O–H groups in total. The second kappa shape index (κ2) is 12.5. The van der Waals surface area contributed by atoms with Gasteiger partial charge in [-0.05, 0) is 80.3 Å². The van der Waals surface area contributed by atoms with Crippen molar-refractivity contribution in [1.29, 1.82) is 0 Å². The van der Waals surface area contributed by atoms with E-state index < -0.39 is 56.0 Å². The lowest BCUT2D eigenvalue weighted by Gasteiger charge is -2.32. The molecule has 7 nitrogen and oxygen atoms in total. The maximum atomic E-state index is 14.1. The van der Waals surface area contributed by atoms with Gasteiger partial charge in [0, 0.05) is 38.0 Å². The van der Waals surface area contributed by atoms with Crippen molar-refractivity contribution in [2.24, 2.45) is 0 Å². The smallest absolute Gasteiger partial charge is 0.355 e. The van der Waals surface area contributed by atoms with E-state index in [1.807, 2.05) is 4.90 Å². The topological polar surface area (TPSA) is 82.6 Å². The summed E-state index contributed by atoms with van der Waals surface area (Å²) in [5.41, 5.74) is -3.80. The van der Waals surface area contributed by atoms with E-state index in [-0.39, 0.29) is 23.7 Å². The lowest BCUT2D eigenvalue weighted by molar-refractivity contribution is -0.143. The van der Waals surface area contributed by atoms with Crippen LogP contribution in [0.25, 0.3) is 11.1 Å². The standard InChI is InChI=1S/C31H33F7N4O3S/c1-18-10-22(32)6-7-24(18)25-14-27(42-9-8-23(16-42)40-17-46(5,44)45)39-15-26(25)41(4)28(43)29(2,3)19-11-20(30(33,34)35)13-21(12-19)31(36,37)38/h6-7,10-15,23,40H,8-9,16-17H2,1-5H3/t23-/m1/s1. The molecule has 0 spiro atoms. The van der Waals surface area contributed by atoms with Gasteiger partial charge in [-0.2, -0.15) is 26.3 Å². The quantitative estimate of drug-likeness (QED) is 0.281. The number of anilines is 2. The number of hydrogen-bond donors (Lipinski definition) is 1. The average Bonchev–Trinajstić information content (AvgIpc) is 3.43. The summed E-state index contributed by atoms with van der Waals surface area (Å²) in [5, 5.41) is 2.99. The molecule has 250 valence electrons. The first-order valence-corrected chi connectivity index (χ1v) is 16.1. The van der Waals surface area contributed by atoms with E-state index in [0.29, 0.717) is 54.2 Å². The summed E-state index contributed by atoms with van der Waals surface area (Å²) in [6.45, 7) is 5.06. The van der Waals surface area contributed by atoms with E-state index >= 15 is 0 Å². The zero-order chi connectivity index (χ0) is 34.4. The summed E-state index contributed by atoms with van der Waals surface area (Å²) >= 11 is 0. The van der Waals surface area contributed by atoms with Crippen LogP contribution in [0.2, 0.25) is 0 Å². The van der Waals surface area contributed by atoms with Gasteiger partial charge < -0.3 is 9.80 Å². The van der Waals surface area contributed by atoms with Crippen molar-refractivity contribution in [1.82, 2.24) is 10.3 Å². The molecule has 1 aliphatic rings. The molecular formula is C31H33F7N4O3S. The Kier molecular flexibility index (Phi) is 9.53. The van der Waals surface area contributed by atoms with Gasteiger partial charge in [0.15, 0.2) is 9.84 Å². The van der Waals surface area contributed by atoms with E-state index in [1.54, 1.807) is 13.0 Å². The fraction of sp³-hybridized carbons (Fsp3) is 0.419. The van der Waals surface area contributed by atoms with Crippen LogP contribution in [0.5, 0.6) is 0 Å². The van der Waals surface area contributed by atoms with Crippen LogP contribution < -0.4 is 15.1 Å². The largest absolute Gasteiger partial charge is 0.416 e. The Morgan fingerprint density at radius 2 is 1.57 bits per heavy atom. The predicted octanol–water partition coefficient (Wildman–Crippen LogP) is 6.34. The zero-order valence-electron chi connectivity index (χ0n) is 25.6. The molecule has 4 rings (SSSR count). The number of rotatable bonds is 8. The van der Waals surface area contributed by atoms with Crippen molar-refractivity contribution in [3.05, 3.63) is 76.7 Å². The molecular weight excluding hydrogens is 641 g/mol. The molecule has 1 amide bonds. The minimum absolute atomic E-state index is 0.00540. The summed E-state index contributed by atoms with van der Waals surface area (Å²) in [5.74, 6) is -1.05. The van der Waals surface area contributed by atoms with Gasteiger partial charge in [-0.3, -0.25) is 10.1 Å². The Bertz CT molecular complexity index is 1710. The van der Waals surface area contributed by atoms with E-state index in [2.05, 4.69) is 10.3 Å². The molecule has 46 heavy (non-hydrogen) atoms. The van der Waals surface area contributed by atoms with E-state index in [0.717, 1.165) is 11.2 Å². The van der Waals surface area contributed by atoms with E-state index in [9.17, 15) is 43.9 Å². The molecule has 1 aliphatic heterocycles. The fourth-order valence-electron chi connectivity index (χ4n) is 5.39. The SMILES string of the molecule is Cc1cc(F)ccc1-c1cc(N2CC[C@@H](NCS(C)(=O)=O)C2)ncc1N(C)C(=O)C(C)(C)c1cc(C(F)(F)F)cc(C(F)(F)F)c1. The maximum absolute atomic E-state index is 14.1. The number of aryl methyl sites for hydroxylation is 1. The monoisotopic (exact) mass is 674 g/mol. The second-order valence-electron chi connectivity index (χ2n) is 12.0. The normalized spacial score (nSPS) is 16.2. The molecule has 1 aromatic heterocycles. The van der Waals surface area contributed by atoms with Gasteiger partial charge in [0.25, 0.3) is 0 Å². The van der Waals surface area contributed by atoms with E-state index in [1.165, 1.54) is 45.3 Å². The molecule has 15 heteroatoms. The Labute approximate surface area is 262 Å². The first-order valence-electron chi connectivity index (χ1n) is 14.1. The molecule has 0 aliphatic carbocycles. The highest BCUT2D eigenvalue weighted by atomic mass is 32.2. The summed E-state index contributed by atoms with van der Waals surface area (Å²) in [4.78, 5) is 21.5. The van der Waals surface area contributed by atoms with Crippen LogP contribution in [0.3, 0.4) is 0 Å². The summed E-state index contributed by atoms with van der Waals surface area (Å²) in [7, 11) is -1.91. The molecule has 3 aromatic rings. The Morgan fingerprint density at radius 3 is 2.11 bits per heavy atom. The van der Waals surface area contributed by atoms with Crippen molar-refractivity contribution < 1.29 is 43.9 Å². The lowest BCUT2D eigenvalue weighted by Crippen LogP contribution is -2.42. The highest BCUT2D eigenvalue weighted by Gasteiger charge is 2.41. The van der Waals surface area contributed by atoms with Crippen LogP contribution >= 0.6 is 0 Å². The molecule has 0 unspecified atom stereocenters. The molecule has 1 saturated heterocycles. The van der Waals surface area contributed by atoms with Crippen molar-refractivity contribution in [3.8, 4) is 11.1 Å². The third kappa shape index (κ3) is 7.80. The van der Waals surface area contributed by atoms with Gasteiger partial charge in [0.05, 0.1) is 34.3 Å². The number of pyridine rings is 1. The van der Waals surface area contributed by atoms with Gasteiger partial charge in [-0.15, -0.1) is 0 Å². The van der Waals surface area contributed by atoms with Gasteiger partial charge >= 0.3 is 12.4 Å². The van der Waals surface area contributed by atoms with Crippen molar-refractivity contribution in [2.75, 3.05) is 42.1 Å². The Hall–Kier alpha value is -3.72. The number of carbonyl (C=O) groups is 1. The van der Waals surface area contributed by atoms with Crippen molar-refractivity contribution in [3.63, 3.8) is 0 Å². The Balaban J connectivity index is 1.76. The summed E-state index contributed by atoms with van der Waals surface area (Å²) < 4.78 is 119. The molecule has 2 heterocycles. The number of nitrogens with zero attached hydrogens (tertiary/aromatic N) is 3. The van der Waals surface area contributed by atoms with Crippen molar-refractivity contribution in [2.45, 2.75) is 51.0 Å². The molecule has 0 radical (unpaired) electrons. The van der Waals surface area contributed by atoms with E-state index in [4.69, 9.17) is 0 Å². The molecule has 1 atom stereocenters. The number of alkyl halides is 6. The highest BCUT2D eigenvalue weighted by molar-refractivity contribution is 7.90. The fourth-order valence-corrected chi connectivity index (χ4v) is 5.93.